The average Bonchev–Trinajstić information content (AvgIpc) is 2.85. The van der Waals surface area contributed by atoms with Gasteiger partial charge in [0, 0.05) is 32.2 Å². The van der Waals surface area contributed by atoms with Gasteiger partial charge in [-0.2, -0.15) is 0 Å². The van der Waals surface area contributed by atoms with Gasteiger partial charge in [0.1, 0.15) is 10.7 Å². The zero-order valence-electron chi connectivity index (χ0n) is 14.2. The number of hydrogen-bond acceptors (Lipinski definition) is 4. The number of carbonyl (C=O) groups is 1. The summed E-state index contributed by atoms with van der Waals surface area (Å²) in [5, 5.41) is 0. The Morgan fingerprint density at radius 2 is 1.92 bits per heavy atom. The van der Waals surface area contributed by atoms with E-state index in [9.17, 15) is 17.6 Å². The monoisotopic (exact) mass is 370 g/mol. The van der Waals surface area contributed by atoms with Gasteiger partial charge in [0.15, 0.2) is 0 Å². The molecule has 0 aromatic heterocycles. The van der Waals surface area contributed by atoms with E-state index in [4.69, 9.17) is 4.74 Å². The minimum Gasteiger partial charge on any atom is -0.381 e. The van der Waals surface area contributed by atoms with Gasteiger partial charge in [-0.25, -0.2) is 17.5 Å². The largest absolute Gasteiger partial charge is 0.381 e. The molecule has 0 saturated carbocycles. The van der Waals surface area contributed by atoms with E-state index in [1.54, 1.807) is 7.11 Å². The second kappa shape index (κ2) is 7.39. The molecule has 2 aliphatic heterocycles. The van der Waals surface area contributed by atoms with E-state index >= 15 is 0 Å². The summed E-state index contributed by atoms with van der Waals surface area (Å²) in [6.45, 7) is -0.0425. The van der Waals surface area contributed by atoms with Gasteiger partial charge in [-0.05, 0) is 37.8 Å². The zero-order chi connectivity index (χ0) is 18.0. The van der Waals surface area contributed by atoms with E-state index < -0.39 is 20.7 Å². The summed E-state index contributed by atoms with van der Waals surface area (Å²) in [5.74, 6) is -0.862. The molecule has 2 fully saturated rings. The molecule has 0 radical (unpaired) electrons. The molecule has 25 heavy (non-hydrogen) atoms. The number of rotatable bonds is 6. The summed E-state index contributed by atoms with van der Waals surface area (Å²) in [6, 6.07) is 5.54. The number of ether oxygens (including phenoxy) is 1. The van der Waals surface area contributed by atoms with E-state index in [1.165, 1.54) is 18.2 Å². The Morgan fingerprint density at radius 3 is 2.52 bits per heavy atom. The van der Waals surface area contributed by atoms with Gasteiger partial charge >= 0.3 is 0 Å². The highest BCUT2D eigenvalue weighted by Crippen LogP contribution is 2.37. The van der Waals surface area contributed by atoms with Crippen molar-refractivity contribution in [3.63, 3.8) is 0 Å². The van der Waals surface area contributed by atoms with Gasteiger partial charge in [0.25, 0.3) is 0 Å². The average molecular weight is 370 g/mol. The summed E-state index contributed by atoms with van der Waals surface area (Å²) in [7, 11) is -2.26. The van der Waals surface area contributed by atoms with E-state index in [2.05, 4.69) is 4.72 Å². The Kier molecular flexibility index (Phi) is 5.41. The molecule has 0 spiro atoms. The van der Waals surface area contributed by atoms with Crippen LogP contribution >= 0.6 is 0 Å². The van der Waals surface area contributed by atoms with Crippen LogP contribution in [0.4, 0.5) is 4.39 Å². The minimum absolute atomic E-state index is 0.0425. The smallest absolute Gasteiger partial charge is 0.243 e. The molecular formula is C17H23FN2O4S. The lowest BCUT2D eigenvalue weighted by Gasteiger charge is -2.38. The van der Waals surface area contributed by atoms with Crippen LogP contribution in [0.2, 0.25) is 0 Å². The Bertz CT molecular complexity index is 726. The summed E-state index contributed by atoms with van der Waals surface area (Å²) in [5.41, 5.74) is 0. The number of sulfonamides is 1. The second-order valence-corrected chi connectivity index (χ2v) is 8.33. The third-order valence-electron chi connectivity index (χ3n) is 5.07. The van der Waals surface area contributed by atoms with E-state index in [-0.39, 0.29) is 37.1 Å². The van der Waals surface area contributed by atoms with Crippen LogP contribution in [-0.2, 0) is 19.6 Å². The number of methoxy groups -OCH3 is 1. The van der Waals surface area contributed by atoms with E-state index in [1.807, 2.05) is 4.90 Å². The van der Waals surface area contributed by atoms with Crippen LogP contribution in [0.15, 0.2) is 29.2 Å². The third-order valence-corrected chi connectivity index (χ3v) is 6.56. The predicted molar refractivity (Wildman–Crippen MR) is 89.9 cm³/mol. The molecule has 6 nitrogen and oxygen atoms in total. The van der Waals surface area contributed by atoms with E-state index in [0.717, 1.165) is 31.7 Å². The minimum atomic E-state index is -3.96. The number of carbonyl (C=O) groups excluding carboxylic acids is 1. The first kappa shape index (κ1) is 18.3. The van der Waals surface area contributed by atoms with Crippen LogP contribution in [0.5, 0.6) is 0 Å². The highest BCUT2D eigenvalue weighted by molar-refractivity contribution is 7.89. The molecule has 138 valence electrons. The second-order valence-electron chi connectivity index (χ2n) is 6.59. The summed E-state index contributed by atoms with van der Waals surface area (Å²) >= 11 is 0. The summed E-state index contributed by atoms with van der Waals surface area (Å²) < 4.78 is 45.7. The maximum atomic E-state index is 13.6. The fourth-order valence-corrected chi connectivity index (χ4v) is 5.00. The van der Waals surface area contributed by atoms with Crippen LogP contribution < -0.4 is 4.72 Å². The molecule has 0 aliphatic carbocycles. The van der Waals surface area contributed by atoms with Crippen molar-refractivity contribution >= 4 is 15.9 Å². The van der Waals surface area contributed by atoms with Crippen LogP contribution in [0.1, 0.15) is 32.1 Å². The number of fused-ring (bicyclic) bond motifs is 2. The highest BCUT2D eigenvalue weighted by Gasteiger charge is 2.42. The normalized spacial score (nSPS) is 26.0. The van der Waals surface area contributed by atoms with Crippen molar-refractivity contribution in [1.82, 2.24) is 9.62 Å². The zero-order valence-corrected chi connectivity index (χ0v) is 15.0. The van der Waals surface area contributed by atoms with Crippen molar-refractivity contribution in [2.75, 3.05) is 13.7 Å². The Hall–Kier alpha value is -1.51. The van der Waals surface area contributed by atoms with Gasteiger partial charge < -0.3 is 9.64 Å². The molecule has 8 heteroatoms. The fourth-order valence-electron chi connectivity index (χ4n) is 3.89. The third kappa shape index (κ3) is 3.86. The lowest BCUT2D eigenvalue weighted by atomic mass is 9.99. The molecule has 1 N–H and O–H groups in total. The fraction of sp³-hybridized carbons (Fsp3) is 0.588. The molecule has 2 saturated heterocycles. The van der Waals surface area contributed by atoms with Crippen LogP contribution in [0.3, 0.4) is 0 Å². The van der Waals surface area contributed by atoms with Crippen molar-refractivity contribution in [3.8, 4) is 0 Å². The number of amides is 1. The molecule has 2 heterocycles. The van der Waals surface area contributed by atoms with Gasteiger partial charge in [-0.15, -0.1) is 0 Å². The predicted octanol–water partition coefficient (Wildman–Crippen LogP) is 1.66. The topological polar surface area (TPSA) is 75.7 Å². The van der Waals surface area contributed by atoms with Crippen molar-refractivity contribution < 1.29 is 22.3 Å². The first-order valence-corrected chi connectivity index (χ1v) is 9.99. The van der Waals surface area contributed by atoms with Crippen molar-refractivity contribution in [3.05, 3.63) is 30.1 Å². The summed E-state index contributed by atoms with van der Waals surface area (Å²) in [6.07, 6.45) is 3.87. The Balaban J connectivity index is 1.56. The molecule has 2 unspecified atom stereocenters. The van der Waals surface area contributed by atoms with E-state index in [0.29, 0.717) is 0 Å². The number of hydrogen-bond donors (Lipinski definition) is 1. The summed E-state index contributed by atoms with van der Waals surface area (Å²) in [4.78, 5) is 14.0. The van der Waals surface area contributed by atoms with Crippen LogP contribution in [0.25, 0.3) is 0 Å². The van der Waals surface area contributed by atoms with Gasteiger partial charge in [-0.1, -0.05) is 12.1 Å². The van der Waals surface area contributed by atoms with Gasteiger partial charge in [-0.3, -0.25) is 4.79 Å². The standard InChI is InChI=1S/C17H23FN2O4S/c1-24-14-10-12-6-7-13(11-14)20(12)17(21)8-9-19-25(22,23)16-5-3-2-4-15(16)18/h2-5,12-14,19H,6-11H2,1H3. The Labute approximate surface area is 147 Å². The number of nitrogens with zero attached hydrogens (tertiary/aromatic N) is 1. The molecule has 3 rings (SSSR count). The van der Waals surface area contributed by atoms with Crippen LogP contribution in [0, 0.1) is 5.82 Å². The maximum absolute atomic E-state index is 13.6. The SMILES string of the molecule is COC1CC2CCC(C1)N2C(=O)CCNS(=O)(=O)c1ccccc1F. The lowest BCUT2D eigenvalue weighted by Crippen LogP contribution is -2.49. The number of halogens is 1. The first-order chi connectivity index (χ1) is 11.9. The number of nitrogens with one attached hydrogen (secondary N) is 1. The van der Waals surface area contributed by atoms with Gasteiger partial charge in [0.05, 0.1) is 6.10 Å². The molecule has 2 bridgehead atoms. The molecule has 2 atom stereocenters. The molecule has 1 amide bonds. The Morgan fingerprint density at radius 1 is 1.28 bits per heavy atom. The quantitative estimate of drug-likeness (QED) is 0.826. The number of piperidine rings is 1. The number of benzene rings is 1. The highest BCUT2D eigenvalue weighted by atomic mass is 32.2. The first-order valence-electron chi connectivity index (χ1n) is 8.50. The molecular weight excluding hydrogens is 347 g/mol. The molecule has 1 aromatic rings. The molecule has 2 aliphatic rings. The maximum Gasteiger partial charge on any atom is 0.243 e. The van der Waals surface area contributed by atoms with Crippen LogP contribution in [-0.4, -0.2) is 51.1 Å². The van der Waals surface area contributed by atoms with Crippen molar-refractivity contribution in [2.24, 2.45) is 0 Å². The van der Waals surface area contributed by atoms with Crippen molar-refractivity contribution in [2.45, 2.75) is 55.2 Å². The molecule has 1 aromatic carbocycles. The van der Waals surface area contributed by atoms with Gasteiger partial charge in [0.2, 0.25) is 15.9 Å². The lowest BCUT2D eigenvalue weighted by molar-refractivity contribution is -0.137. The van der Waals surface area contributed by atoms with Crippen molar-refractivity contribution in [1.29, 1.82) is 0 Å².